The molecule has 162 valence electrons. The van der Waals surface area contributed by atoms with E-state index in [0.717, 1.165) is 11.1 Å². The maximum Gasteiger partial charge on any atom is 0.242 e. The fourth-order valence-corrected chi connectivity index (χ4v) is 3.79. The zero-order valence-corrected chi connectivity index (χ0v) is 19.6. The predicted octanol–water partition coefficient (Wildman–Crippen LogP) is 5.42. The Labute approximate surface area is 189 Å². The van der Waals surface area contributed by atoms with Crippen LogP contribution in [-0.4, -0.2) is 29.3 Å². The molecule has 2 rings (SSSR count). The molecule has 6 heteroatoms. The number of aryl methyl sites for hydroxylation is 1. The zero-order chi connectivity index (χ0) is 22.3. The molecule has 0 bridgehead atoms. The van der Waals surface area contributed by atoms with Crippen LogP contribution < -0.4 is 5.32 Å². The lowest BCUT2D eigenvalue weighted by atomic mass is 10.0. The molecule has 0 heterocycles. The summed E-state index contributed by atoms with van der Waals surface area (Å²) < 4.78 is 0. The average Bonchev–Trinajstić information content (AvgIpc) is 2.70. The van der Waals surface area contributed by atoms with Crippen LogP contribution in [-0.2, 0) is 22.6 Å². The second-order valence-corrected chi connectivity index (χ2v) is 8.70. The van der Waals surface area contributed by atoms with E-state index in [2.05, 4.69) is 5.32 Å². The van der Waals surface area contributed by atoms with Gasteiger partial charge in [-0.05, 0) is 42.5 Å². The molecule has 0 saturated carbocycles. The standard InChI is InChI=1S/C24H30Cl2N2O2/c1-5-22(24(30)27-14-16(2)3)28(15-19-20(25)11-8-12-21(19)26)23(29)13-18-10-7-6-9-17(18)4/h6-12,16,22H,5,13-15H2,1-4H3,(H,27,30)/t22-/m1/s1. The van der Waals surface area contributed by atoms with Crippen molar-refractivity contribution in [3.05, 3.63) is 69.2 Å². The van der Waals surface area contributed by atoms with Crippen LogP contribution in [0.3, 0.4) is 0 Å². The molecule has 0 saturated heterocycles. The highest BCUT2D eigenvalue weighted by atomic mass is 35.5. The molecule has 0 unspecified atom stereocenters. The number of nitrogens with zero attached hydrogens (tertiary/aromatic N) is 1. The lowest BCUT2D eigenvalue weighted by molar-refractivity contribution is -0.141. The molecule has 0 aromatic heterocycles. The summed E-state index contributed by atoms with van der Waals surface area (Å²) in [6, 6.07) is 12.4. The highest BCUT2D eigenvalue weighted by Crippen LogP contribution is 2.27. The van der Waals surface area contributed by atoms with Gasteiger partial charge in [0.1, 0.15) is 6.04 Å². The van der Waals surface area contributed by atoms with Crippen LogP contribution in [0.15, 0.2) is 42.5 Å². The van der Waals surface area contributed by atoms with Gasteiger partial charge in [0.2, 0.25) is 11.8 Å². The van der Waals surface area contributed by atoms with Crippen molar-refractivity contribution in [1.82, 2.24) is 10.2 Å². The minimum Gasteiger partial charge on any atom is -0.354 e. The van der Waals surface area contributed by atoms with Crippen LogP contribution in [0.4, 0.5) is 0 Å². The molecule has 30 heavy (non-hydrogen) atoms. The number of halogens is 2. The smallest absolute Gasteiger partial charge is 0.242 e. The first-order chi connectivity index (χ1) is 14.2. The average molecular weight is 449 g/mol. The number of rotatable bonds is 9. The molecule has 0 radical (unpaired) electrons. The summed E-state index contributed by atoms with van der Waals surface area (Å²) in [5.41, 5.74) is 2.63. The highest BCUT2D eigenvalue weighted by molar-refractivity contribution is 6.36. The van der Waals surface area contributed by atoms with Crippen molar-refractivity contribution >= 4 is 35.0 Å². The Morgan fingerprint density at radius 1 is 1.03 bits per heavy atom. The van der Waals surface area contributed by atoms with Gasteiger partial charge in [-0.3, -0.25) is 9.59 Å². The van der Waals surface area contributed by atoms with Crippen molar-refractivity contribution in [3.63, 3.8) is 0 Å². The zero-order valence-electron chi connectivity index (χ0n) is 18.0. The molecule has 0 fully saturated rings. The van der Waals surface area contributed by atoms with Crippen molar-refractivity contribution in [3.8, 4) is 0 Å². The number of hydrogen-bond donors (Lipinski definition) is 1. The van der Waals surface area contributed by atoms with Gasteiger partial charge in [-0.25, -0.2) is 0 Å². The quantitative estimate of drug-likeness (QED) is 0.556. The summed E-state index contributed by atoms with van der Waals surface area (Å²) in [6.07, 6.45) is 0.703. The van der Waals surface area contributed by atoms with Gasteiger partial charge >= 0.3 is 0 Å². The normalized spacial score (nSPS) is 12.0. The van der Waals surface area contributed by atoms with Gasteiger partial charge in [0.15, 0.2) is 0 Å². The second kappa shape index (κ2) is 11.4. The fourth-order valence-electron chi connectivity index (χ4n) is 3.27. The first-order valence-corrected chi connectivity index (χ1v) is 11.0. The van der Waals surface area contributed by atoms with Gasteiger partial charge in [0, 0.05) is 28.7 Å². The summed E-state index contributed by atoms with van der Waals surface area (Å²) in [4.78, 5) is 27.9. The van der Waals surface area contributed by atoms with Crippen LogP contribution in [0.25, 0.3) is 0 Å². The molecular weight excluding hydrogens is 419 g/mol. The summed E-state index contributed by atoms with van der Waals surface area (Å²) in [5, 5.41) is 3.92. The minimum absolute atomic E-state index is 0.133. The second-order valence-electron chi connectivity index (χ2n) is 7.89. The van der Waals surface area contributed by atoms with E-state index >= 15 is 0 Å². The van der Waals surface area contributed by atoms with Crippen molar-refractivity contribution in [1.29, 1.82) is 0 Å². The van der Waals surface area contributed by atoms with E-state index in [1.54, 1.807) is 23.1 Å². The maximum atomic E-state index is 13.4. The molecule has 0 aliphatic rings. The predicted molar refractivity (Wildman–Crippen MR) is 124 cm³/mol. The summed E-state index contributed by atoms with van der Waals surface area (Å²) >= 11 is 12.7. The van der Waals surface area contributed by atoms with E-state index in [1.165, 1.54) is 0 Å². The number of benzene rings is 2. The van der Waals surface area contributed by atoms with Crippen molar-refractivity contribution < 1.29 is 9.59 Å². The third kappa shape index (κ3) is 6.48. The Morgan fingerprint density at radius 2 is 1.67 bits per heavy atom. The molecule has 2 aromatic rings. The number of carbonyl (C=O) groups is 2. The highest BCUT2D eigenvalue weighted by Gasteiger charge is 2.30. The molecule has 2 amide bonds. The van der Waals surface area contributed by atoms with E-state index in [4.69, 9.17) is 23.2 Å². The Hall–Kier alpha value is -2.04. The van der Waals surface area contributed by atoms with Gasteiger partial charge in [-0.1, -0.05) is 74.3 Å². The first kappa shape index (κ1) is 24.2. The number of nitrogens with one attached hydrogen (secondary N) is 1. The van der Waals surface area contributed by atoms with Gasteiger partial charge < -0.3 is 10.2 Å². The molecule has 1 atom stereocenters. The van der Waals surface area contributed by atoms with Crippen molar-refractivity contribution in [2.45, 2.75) is 53.1 Å². The molecule has 0 spiro atoms. The van der Waals surface area contributed by atoms with Crippen molar-refractivity contribution in [2.24, 2.45) is 5.92 Å². The van der Waals surface area contributed by atoms with E-state index < -0.39 is 6.04 Å². The molecular formula is C24H30Cl2N2O2. The number of carbonyl (C=O) groups excluding carboxylic acids is 2. The maximum absolute atomic E-state index is 13.4. The SMILES string of the molecule is CC[C@H](C(=O)NCC(C)C)N(Cc1c(Cl)cccc1Cl)C(=O)Cc1ccccc1C. The molecule has 0 aliphatic carbocycles. The molecule has 4 nitrogen and oxygen atoms in total. The molecule has 0 aliphatic heterocycles. The number of hydrogen-bond acceptors (Lipinski definition) is 2. The summed E-state index contributed by atoms with van der Waals surface area (Å²) in [5.74, 6) is 0.0277. The van der Waals surface area contributed by atoms with E-state index in [9.17, 15) is 9.59 Å². The molecule has 1 N–H and O–H groups in total. The van der Waals surface area contributed by atoms with Gasteiger partial charge in [-0.2, -0.15) is 0 Å². The largest absolute Gasteiger partial charge is 0.354 e. The van der Waals surface area contributed by atoms with Crippen LogP contribution in [0.2, 0.25) is 10.0 Å². The first-order valence-electron chi connectivity index (χ1n) is 10.3. The summed E-state index contributed by atoms with van der Waals surface area (Å²) in [7, 11) is 0. The van der Waals surface area contributed by atoms with Gasteiger partial charge in [0.25, 0.3) is 0 Å². The summed E-state index contributed by atoms with van der Waals surface area (Å²) in [6.45, 7) is 8.68. The minimum atomic E-state index is -0.604. The Balaban J connectivity index is 2.36. The van der Waals surface area contributed by atoms with Gasteiger partial charge in [0.05, 0.1) is 6.42 Å². The lowest BCUT2D eigenvalue weighted by Crippen LogP contribution is -2.50. The topological polar surface area (TPSA) is 49.4 Å². The van der Waals surface area contributed by atoms with Crippen LogP contribution in [0.5, 0.6) is 0 Å². The van der Waals surface area contributed by atoms with Crippen LogP contribution in [0, 0.1) is 12.8 Å². The fraction of sp³-hybridized carbons (Fsp3) is 0.417. The van der Waals surface area contributed by atoms with E-state index in [0.29, 0.717) is 34.5 Å². The van der Waals surface area contributed by atoms with Crippen LogP contribution >= 0.6 is 23.2 Å². The third-order valence-electron chi connectivity index (χ3n) is 5.06. The number of amides is 2. The van der Waals surface area contributed by atoms with E-state index in [1.807, 2.05) is 52.0 Å². The Bertz CT molecular complexity index is 863. The van der Waals surface area contributed by atoms with E-state index in [-0.39, 0.29) is 24.8 Å². The third-order valence-corrected chi connectivity index (χ3v) is 5.77. The van der Waals surface area contributed by atoms with Crippen LogP contribution in [0.1, 0.15) is 43.9 Å². The monoisotopic (exact) mass is 448 g/mol. The molecule has 2 aromatic carbocycles. The Morgan fingerprint density at radius 3 is 2.23 bits per heavy atom. The van der Waals surface area contributed by atoms with Gasteiger partial charge in [-0.15, -0.1) is 0 Å². The lowest BCUT2D eigenvalue weighted by Gasteiger charge is -2.31. The Kier molecular flexibility index (Phi) is 9.19. The van der Waals surface area contributed by atoms with Crippen molar-refractivity contribution in [2.75, 3.05) is 6.54 Å².